The van der Waals surface area contributed by atoms with Gasteiger partial charge in [-0.05, 0) is 57.4 Å². The number of nitrogens with one attached hydrogen (secondary N) is 1. The van der Waals surface area contributed by atoms with Crippen LogP contribution in [0.4, 0.5) is 0 Å². The van der Waals surface area contributed by atoms with Crippen LogP contribution in [0.25, 0.3) is 0 Å². The number of rotatable bonds is 9. The number of carbonyl (C=O) groups is 1. The van der Waals surface area contributed by atoms with Crippen LogP contribution in [-0.4, -0.2) is 28.4 Å². The van der Waals surface area contributed by atoms with Crippen LogP contribution in [0.3, 0.4) is 0 Å². The van der Waals surface area contributed by atoms with Crippen molar-refractivity contribution in [3.8, 4) is 0 Å². The van der Waals surface area contributed by atoms with Gasteiger partial charge < -0.3 is 5.11 Å². The van der Waals surface area contributed by atoms with Gasteiger partial charge in [0.05, 0.1) is 0 Å². The molecule has 0 heterocycles. The van der Waals surface area contributed by atoms with Crippen LogP contribution in [0.1, 0.15) is 45.6 Å². The van der Waals surface area contributed by atoms with Gasteiger partial charge in [0.1, 0.15) is 5.54 Å². The van der Waals surface area contributed by atoms with E-state index < -0.39 is 11.5 Å². The van der Waals surface area contributed by atoms with E-state index in [-0.39, 0.29) is 6.04 Å². The van der Waals surface area contributed by atoms with E-state index in [1.165, 1.54) is 10.5 Å². The average molecular weight is 309 g/mol. The molecule has 3 nitrogen and oxygen atoms in total. The van der Waals surface area contributed by atoms with Crippen molar-refractivity contribution in [3.05, 3.63) is 29.8 Å². The first-order chi connectivity index (χ1) is 9.91. The van der Waals surface area contributed by atoms with Crippen molar-refractivity contribution in [1.82, 2.24) is 5.32 Å². The Labute approximate surface area is 132 Å². The molecular formula is C17H27NO2S. The second-order valence-electron chi connectivity index (χ2n) is 5.76. The topological polar surface area (TPSA) is 49.3 Å². The van der Waals surface area contributed by atoms with Crippen LogP contribution in [0, 0.1) is 6.92 Å². The van der Waals surface area contributed by atoms with Gasteiger partial charge in [0.25, 0.3) is 0 Å². The van der Waals surface area contributed by atoms with E-state index in [4.69, 9.17) is 0 Å². The minimum Gasteiger partial charge on any atom is -0.480 e. The lowest BCUT2D eigenvalue weighted by molar-refractivity contribution is -0.145. The Balaban J connectivity index is 2.54. The first-order valence-corrected chi connectivity index (χ1v) is 8.59. The van der Waals surface area contributed by atoms with Crippen LogP contribution in [0.2, 0.25) is 0 Å². The fraction of sp³-hybridized carbons (Fsp3) is 0.588. The van der Waals surface area contributed by atoms with E-state index >= 15 is 0 Å². The third kappa shape index (κ3) is 5.36. The summed E-state index contributed by atoms with van der Waals surface area (Å²) in [4.78, 5) is 12.9. The number of aliphatic carboxylic acids is 1. The summed E-state index contributed by atoms with van der Waals surface area (Å²) in [7, 11) is 0. The fourth-order valence-electron chi connectivity index (χ4n) is 2.50. The average Bonchev–Trinajstić information content (AvgIpc) is 2.43. The van der Waals surface area contributed by atoms with Crippen molar-refractivity contribution in [2.24, 2.45) is 0 Å². The second kappa shape index (κ2) is 8.44. The number of carboxylic acids is 1. The third-order valence-electron chi connectivity index (χ3n) is 3.68. The minimum atomic E-state index is -0.791. The van der Waals surface area contributed by atoms with Crippen LogP contribution in [0.15, 0.2) is 29.2 Å². The molecule has 1 aromatic rings. The summed E-state index contributed by atoms with van der Waals surface area (Å²) in [6.07, 6.45) is 2.16. The van der Waals surface area contributed by atoms with Gasteiger partial charge in [-0.15, -0.1) is 11.8 Å². The molecule has 0 bridgehead atoms. The van der Waals surface area contributed by atoms with Crippen molar-refractivity contribution >= 4 is 17.7 Å². The molecule has 1 rings (SSSR count). The first-order valence-electron chi connectivity index (χ1n) is 7.61. The normalized spacial score (nSPS) is 14.1. The van der Waals surface area contributed by atoms with E-state index in [0.29, 0.717) is 12.8 Å². The van der Waals surface area contributed by atoms with Crippen LogP contribution in [0.5, 0.6) is 0 Å². The number of thioether (sulfide) groups is 1. The van der Waals surface area contributed by atoms with Gasteiger partial charge in [0, 0.05) is 10.9 Å². The molecule has 0 amide bonds. The van der Waals surface area contributed by atoms with Crippen molar-refractivity contribution in [3.63, 3.8) is 0 Å². The highest BCUT2D eigenvalue weighted by Gasteiger charge is 2.36. The lowest BCUT2D eigenvalue weighted by atomic mass is 9.90. The zero-order valence-electron chi connectivity index (χ0n) is 13.5. The van der Waals surface area contributed by atoms with Crippen LogP contribution >= 0.6 is 11.8 Å². The molecule has 21 heavy (non-hydrogen) atoms. The predicted molar refractivity (Wildman–Crippen MR) is 90.1 cm³/mol. The Morgan fingerprint density at radius 2 is 2.05 bits per heavy atom. The molecule has 1 atom stereocenters. The van der Waals surface area contributed by atoms with Crippen LogP contribution < -0.4 is 5.32 Å². The van der Waals surface area contributed by atoms with Gasteiger partial charge in [0.15, 0.2) is 0 Å². The maximum Gasteiger partial charge on any atom is 0.323 e. The largest absolute Gasteiger partial charge is 0.480 e. The summed E-state index contributed by atoms with van der Waals surface area (Å²) in [5, 5.41) is 12.8. The number of aryl methyl sites for hydroxylation is 1. The summed E-state index contributed by atoms with van der Waals surface area (Å²) >= 11 is 1.81. The van der Waals surface area contributed by atoms with E-state index in [1.807, 2.05) is 44.7 Å². The molecule has 2 N–H and O–H groups in total. The van der Waals surface area contributed by atoms with Crippen molar-refractivity contribution in [2.75, 3.05) is 5.75 Å². The van der Waals surface area contributed by atoms with Gasteiger partial charge in [-0.2, -0.15) is 0 Å². The molecule has 0 spiro atoms. The molecule has 1 unspecified atom stereocenters. The van der Waals surface area contributed by atoms with Crippen LogP contribution in [-0.2, 0) is 4.79 Å². The summed E-state index contributed by atoms with van der Waals surface area (Å²) < 4.78 is 0. The van der Waals surface area contributed by atoms with Crippen molar-refractivity contribution in [1.29, 1.82) is 0 Å². The Hall–Kier alpha value is -1.00. The summed E-state index contributed by atoms with van der Waals surface area (Å²) in [6, 6.07) is 8.49. The molecule has 0 radical (unpaired) electrons. The van der Waals surface area contributed by atoms with Gasteiger partial charge in [0.2, 0.25) is 0 Å². The quantitative estimate of drug-likeness (QED) is 0.532. The number of hydrogen-bond donors (Lipinski definition) is 2. The van der Waals surface area contributed by atoms with E-state index in [9.17, 15) is 9.90 Å². The highest BCUT2D eigenvalue weighted by molar-refractivity contribution is 7.99. The van der Waals surface area contributed by atoms with Gasteiger partial charge in [-0.25, -0.2) is 0 Å². The van der Waals surface area contributed by atoms with Crippen molar-refractivity contribution < 1.29 is 9.90 Å². The molecule has 0 aromatic heterocycles. The molecule has 0 fully saturated rings. The zero-order valence-corrected chi connectivity index (χ0v) is 14.3. The molecule has 1 aromatic carbocycles. The third-order valence-corrected chi connectivity index (χ3v) is 4.94. The monoisotopic (exact) mass is 309 g/mol. The second-order valence-corrected chi connectivity index (χ2v) is 6.89. The number of hydrogen-bond acceptors (Lipinski definition) is 3. The lowest BCUT2D eigenvalue weighted by Crippen LogP contribution is -2.54. The maximum atomic E-state index is 11.6. The van der Waals surface area contributed by atoms with Crippen molar-refractivity contribution in [2.45, 2.75) is 63.4 Å². The fourth-order valence-corrected chi connectivity index (χ4v) is 3.48. The highest BCUT2D eigenvalue weighted by atomic mass is 32.2. The molecule has 0 aliphatic heterocycles. The minimum absolute atomic E-state index is 0.171. The SMILES string of the molecule is CCC(CCCSc1ccccc1C)(NC(C)C)C(=O)O. The smallest absolute Gasteiger partial charge is 0.323 e. The Morgan fingerprint density at radius 3 is 2.57 bits per heavy atom. The van der Waals surface area contributed by atoms with Gasteiger partial charge in [-0.3, -0.25) is 10.1 Å². The van der Waals surface area contributed by atoms with E-state index in [0.717, 1.165) is 12.2 Å². The van der Waals surface area contributed by atoms with E-state index in [1.54, 1.807) is 0 Å². The summed E-state index contributed by atoms with van der Waals surface area (Å²) in [5.41, 5.74) is 0.489. The summed E-state index contributed by atoms with van der Waals surface area (Å²) in [6.45, 7) is 8.04. The first kappa shape index (κ1) is 18.1. The molecule has 4 heteroatoms. The zero-order chi connectivity index (χ0) is 15.9. The Bertz CT molecular complexity index is 462. The highest BCUT2D eigenvalue weighted by Crippen LogP contribution is 2.26. The molecular weight excluding hydrogens is 282 g/mol. The standard InChI is InChI=1S/C17H27NO2S/c1-5-17(16(19)20,18-13(2)3)11-8-12-21-15-10-7-6-9-14(15)4/h6-7,9-10,13,18H,5,8,11-12H2,1-4H3,(H,19,20). The summed E-state index contributed by atoms with van der Waals surface area (Å²) in [5.74, 6) is 0.208. The predicted octanol–water partition coefficient (Wildman–Crippen LogP) is 4.10. The van der Waals surface area contributed by atoms with Gasteiger partial charge >= 0.3 is 5.97 Å². The Kier molecular flexibility index (Phi) is 7.26. The Morgan fingerprint density at radius 1 is 1.38 bits per heavy atom. The molecule has 0 aliphatic carbocycles. The van der Waals surface area contributed by atoms with E-state index in [2.05, 4.69) is 24.4 Å². The molecule has 0 saturated heterocycles. The van der Waals surface area contributed by atoms with Gasteiger partial charge in [-0.1, -0.05) is 25.1 Å². The molecule has 118 valence electrons. The number of benzene rings is 1. The molecule has 0 aliphatic rings. The maximum absolute atomic E-state index is 11.6. The molecule has 0 saturated carbocycles. The number of carboxylic acid groups (broad SMARTS) is 1. The lowest BCUT2D eigenvalue weighted by Gasteiger charge is -2.31.